The molecule has 3 heterocycles. The molecule has 0 saturated carbocycles. The van der Waals surface area contributed by atoms with Gasteiger partial charge in [0, 0.05) is 42.1 Å². The molecule has 2 aromatic heterocycles. The molecule has 0 bridgehead atoms. The van der Waals surface area contributed by atoms with Crippen LogP contribution in [0.3, 0.4) is 0 Å². The Morgan fingerprint density at radius 1 is 1.00 bits per heavy atom. The van der Waals surface area contributed by atoms with E-state index in [9.17, 15) is 32.3 Å². The average Bonchev–Trinajstić information content (AvgIpc) is 3.39. The van der Waals surface area contributed by atoms with Crippen molar-refractivity contribution in [2.45, 2.75) is 58.4 Å². The molecule has 2 aromatic carbocycles. The van der Waals surface area contributed by atoms with Crippen molar-refractivity contribution in [3.63, 3.8) is 0 Å². The summed E-state index contributed by atoms with van der Waals surface area (Å²) in [6.45, 7) is 8.74. The monoisotopic (exact) mass is 689 g/mol. The fourth-order valence-corrected chi connectivity index (χ4v) is 5.60. The molecule has 1 aliphatic heterocycles. The number of nitrogens with one attached hydrogen (secondary N) is 2. The highest BCUT2D eigenvalue weighted by atomic mass is 19.4. The van der Waals surface area contributed by atoms with Crippen molar-refractivity contribution in [2.24, 2.45) is 0 Å². The van der Waals surface area contributed by atoms with Gasteiger partial charge in [-0.15, -0.1) is 0 Å². The number of fused-ring (bicyclic) bond motifs is 1. The summed E-state index contributed by atoms with van der Waals surface area (Å²) in [5.41, 5.74) is 0.456. The largest absolute Gasteiger partial charge is 0.457 e. The molecule has 5 rings (SSSR count). The molecule has 0 radical (unpaired) electrons. The summed E-state index contributed by atoms with van der Waals surface area (Å²) in [5.74, 6) is -4.24. The molecule has 3 amide bonds. The van der Waals surface area contributed by atoms with Crippen LogP contribution in [-0.2, 0) is 25.3 Å². The summed E-state index contributed by atoms with van der Waals surface area (Å²) >= 11 is 0. The van der Waals surface area contributed by atoms with Crippen LogP contribution < -0.4 is 15.5 Å². The number of halogens is 3. The maximum absolute atomic E-state index is 14.3. The standard InChI is InChI=1S/C35H34F3N7O5/c1-6-44-32-27(20(2)43-45(32)23-13-8-7-9-14-23)28(29(33(44)49)42-31(48)30-39-18-17-24(41-30)35(36,37)38)21-11-10-12-22(19-21)40-25(46)15-16-26(47)50-34(3,4)5/h7-19,28-29H,6H2,1-5H3,(H,40,46)(H,42,48)/b16-15+/t28-,29+/m1/s1. The molecule has 2 N–H and O–H groups in total. The predicted molar refractivity (Wildman–Crippen MR) is 177 cm³/mol. The molecular weight excluding hydrogens is 655 g/mol. The van der Waals surface area contributed by atoms with E-state index in [2.05, 4.69) is 20.6 Å². The predicted octanol–water partition coefficient (Wildman–Crippen LogP) is 5.12. The maximum atomic E-state index is 14.3. The minimum absolute atomic E-state index is 0.170. The van der Waals surface area contributed by atoms with Crippen molar-refractivity contribution >= 4 is 35.2 Å². The second kappa shape index (κ2) is 13.9. The van der Waals surface area contributed by atoms with Crippen molar-refractivity contribution in [3.8, 4) is 5.69 Å². The lowest BCUT2D eigenvalue weighted by molar-refractivity contribution is -0.148. The number of likely N-dealkylation sites (N-methyl/N-ethyl adjacent to an activating group) is 1. The summed E-state index contributed by atoms with van der Waals surface area (Å²) in [4.78, 5) is 61.2. The Morgan fingerprint density at radius 3 is 2.38 bits per heavy atom. The minimum atomic E-state index is -4.83. The molecule has 0 saturated heterocycles. The van der Waals surface area contributed by atoms with E-state index in [1.54, 1.807) is 63.6 Å². The van der Waals surface area contributed by atoms with Crippen molar-refractivity contribution < 1.29 is 37.1 Å². The van der Waals surface area contributed by atoms with E-state index in [1.807, 2.05) is 30.3 Å². The first-order valence-electron chi connectivity index (χ1n) is 15.6. The lowest BCUT2D eigenvalue weighted by Gasteiger charge is -2.38. The summed E-state index contributed by atoms with van der Waals surface area (Å²) < 4.78 is 47.1. The van der Waals surface area contributed by atoms with Gasteiger partial charge in [-0.25, -0.2) is 19.4 Å². The number of aryl methyl sites for hydroxylation is 1. The van der Waals surface area contributed by atoms with Gasteiger partial charge >= 0.3 is 12.1 Å². The van der Waals surface area contributed by atoms with Crippen LogP contribution in [0.5, 0.6) is 0 Å². The molecule has 2 atom stereocenters. The van der Waals surface area contributed by atoms with Gasteiger partial charge in [0.2, 0.25) is 11.7 Å². The van der Waals surface area contributed by atoms with E-state index < -0.39 is 58.9 Å². The number of para-hydroxylation sites is 1. The van der Waals surface area contributed by atoms with E-state index in [4.69, 9.17) is 9.84 Å². The van der Waals surface area contributed by atoms with Crippen LogP contribution in [0.1, 0.15) is 66.7 Å². The summed E-state index contributed by atoms with van der Waals surface area (Å²) in [6, 6.07) is 14.9. The second-order valence-corrected chi connectivity index (χ2v) is 12.3. The van der Waals surface area contributed by atoms with Gasteiger partial charge in [0.05, 0.1) is 11.4 Å². The number of ether oxygens (including phenoxy) is 1. The second-order valence-electron chi connectivity index (χ2n) is 12.3. The Bertz CT molecular complexity index is 1970. The van der Waals surface area contributed by atoms with Gasteiger partial charge in [0.15, 0.2) is 0 Å². The number of carbonyl (C=O) groups excluding carboxylic acids is 4. The molecule has 0 aliphatic carbocycles. The van der Waals surface area contributed by atoms with Crippen LogP contribution in [0.4, 0.5) is 24.7 Å². The molecular formula is C35H34F3N7O5. The number of anilines is 2. The highest BCUT2D eigenvalue weighted by Gasteiger charge is 2.46. The van der Waals surface area contributed by atoms with Crippen LogP contribution in [-0.4, -0.2) is 61.6 Å². The fraction of sp³-hybridized carbons (Fsp3) is 0.286. The summed E-state index contributed by atoms with van der Waals surface area (Å²) in [5, 5.41) is 10.0. The number of nitrogens with zero attached hydrogens (tertiary/aromatic N) is 5. The van der Waals surface area contributed by atoms with E-state index in [1.165, 1.54) is 4.90 Å². The van der Waals surface area contributed by atoms with Crippen molar-refractivity contribution in [1.29, 1.82) is 0 Å². The normalized spacial score (nSPS) is 16.2. The number of hydrogen-bond donors (Lipinski definition) is 2. The smallest absolute Gasteiger partial charge is 0.433 e. The number of rotatable bonds is 8. The van der Waals surface area contributed by atoms with E-state index in [-0.39, 0.29) is 6.54 Å². The topological polar surface area (TPSA) is 148 Å². The van der Waals surface area contributed by atoms with Crippen LogP contribution >= 0.6 is 0 Å². The highest BCUT2D eigenvalue weighted by molar-refractivity contribution is 6.05. The van der Waals surface area contributed by atoms with Crippen molar-refractivity contribution in [3.05, 3.63) is 107 Å². The van der Waals surface area contributed by atoms with Gasteiger partial charge in [-0.1, -0.05) is 30.3 Å². The molecule has 0 fully saturated rings. The highest BCUT2D eigenvalue weighted by Crippen LogP contribution is 2.43. The van der Waals surface area contributed by atoms with E-state index in [0.717, 1.165) is 18.3 Å². The van der Waals surface area contributed by atoms with Gasteiger partial charge in [-0.05, 0) is 70.5 Å². The van der Waals surface area contributed by atoms with Crippen LogP contribution in [0.2, 0.25) is 0 Å². The zero-order chi connectivity index (χ0) is 36.4. The minimum Gasteiger partial charge on any atom is -0.457 e. The molecule has 260 valence electrons. The van der Waals surface area contributed by atoms with Gasteiger partial charge in [-0.2, -0.15) is 18.3 Å². The molecule has 50 heavy (non-hydrogen) atoms. The Labute approximate surface area is 285 Å². The Morgan fingerprint density at radius 2 is 1.72 bits per heavy atom. The Kier molecular flexibility index (Phi) is 9.88. The maximum Gasteiger partial charge on any atom is 0.433 e. The third-order valence-corrected chi connectivity index (χ3v) is 7.56. The zero-order valence-corrected chi connectivity index (χ0v) is 27.8. The van der Waals surface area contributed by atoms with Gasteiger partial charge in [0.1, 0.15) is 23.2 Å². The number of aromatic nitrogens is 4. The summed E-state index contributed by atoms with van der Waals surface area (Å²) in [6.07, 6.45) is -1.99. The van der Waals surface area contributed by atoms with Gasteiger partial charge in [0.25, 0.3) is 11.8 Å². The Hall–Kier alpha value is -5.86. The third-order valence-electron chi connectivity index (χ3n) is 7.56. The van der Waals surface area contributed by atoms with Crippen LogP contribution in [0.15, 0.2) is 79.0 Å². The molecule has 1 aliphatic rings. The quantitative estimate of drug-likeness (QED) is 0.191. The third kappa shape index (κ3) is 7.72. The first-order valence-corrected chi connectivity index (χ1v) is 15.6. The first-order chi connectivity index (χ1) is 23.6. The van der Waals surface area contributed by atoms with Crippen LogP contribution in [0, 0.1) is 6.92 Å². The molecule has 12 nitrogen and oxygen atoms in total. The number of amides is 3. The van der Waals surface area contributed by atoms with Crippen LogP contribution in [0.25, 0.3) is 5.69 Å². The van der Waals surface area contributed by atoms with Crippen molar-refractivity contribution in [1.82, 2.24) is 25.1 Å². The number of esters is 1. The van der Waals surface area contributed by atoms with E-state index in [0.29, 0.717) is 40.1 Å². The number of carbonyl (C=O) groups is 4. The number of hydrogen-bond acceptors (Lipinski definition) is 8. The van der Waals surface area contributed by atoms with Gasteiger partial charge in [-0.3, -0.25) is 19.3 Å². The number of benzene rings is 2. The molecule has 0 spiro atoms. The molecule has 4 aromatic rings. The van der Waals surface area contributed by atoms with Crippen molar-refractivity contribution in [2.75, 3.05) is 16.8 Å². The molecule has 15 heteroatoms. The van der Waals surface area contributed by atoms with E-state index >= 15 is 0 Å². The lowest BCUT2D eigenvalue weighted by Crippen LogP contribution is -2.55. The van der Waals surface area contributed by atoms with Gasteiger partial charge < -0.3 is 15.4 Å². The Balaban J connectivity index is 1.58. The SMILES string of the molecule is CCN1C(=O)[C@@H](NC(=O)c2nccc(C(F)(F)F)n2)[C@H](c2cccc(NC(=O)/C=C/C(=O)OC(C)(C)C)c2)c2c(C)nn(-c3ccccc3)c21. The zero-order valence-electron chi connectivity index (χ0n) is 27.8. The average molecular weight is 690 g/mol. The summed E-state index contributed by atoms with van der Waals surface area (Å²) in [7, 11) is 0. The molecule has 0 unspecified atom stereocenters. The lowest BCUT2D eigenvalue weighted by atomic mass is 9.81. The first kappa shape index (κ1) is 35.4. The fourth-order valence-electron chi connectivity index (χ4n) is 5.60. The number of alkyl halides is 3.